The number of fused-ring (bicyclic) bond motifs is 14. The molecule has 0 aliphatic carbocycles. The van der Waals surface area contributed by atoms with E-state index in [1.54, 1.807) is 0 Å². The summed E-state index contributed by atoms with van der Waals surface area (Å²) in [7, 11) is 0. The van der Waals surface area contributed by atoms with Crippen molar-refractivity contribution in [3.05, 3.63) is 132 Å². The lowest BCUT2D eigenvalue weighted by Crippen LogP contribution is -1.78. The summed E-state index contributed by atoms with van der Waals surface area (Å²) < 4.78 is 5.40. The van der Waals surface area contributed by atoms with E-state index in [1.807, 2.05) is 45.3 Å². The molecule has 0 aliphatic rings. The van der Waals surface area contributed by atoms with Gasteiger partial charge in [-0.1, -0.05) is 48.5 Å². The number of aromatic nitrogens is 2. The van der Waals surface area contributed by atoms with E-state index in [9.17, 15) is 0 Å². The third-order valence-electron chi connectivity index (χ3n) is 11.0. The van der Waals surface area contributed by atoms with Gasteiger partial charge in [0, 0.05) is 71.9 Å². The van der Waals surface area contributed by atoms with Crippen LogP contribution in [-0.4, -0.2) is 9.97 Å². The van der Waals surface area contributed by atoms with Crippen molar-refractivity contribution in [2.75, 3.05) is 0 Å². The summed E-state index contributed by atoms with van der Waals surface area (Å²) in [5, 5.41) is 19.7. The monoisotopic (exact) mass is 732 g/mol. The maximum atomic E-state index is 3.84. The van der Waals surface area contributed by atoms with Crippen molar-refractivity contribution >= 4 is 151 Å². The predicted molar refractivity (Wildman–Crippen MR) is 233 cm³/mol. The Kier molecular flexibility index (Phi) is 5.46. The highest BCUT2D eigenvalue weighted by molar-refractivity contribution is 7.23. The average molecular weight is 733 g/mol. The van der Waals surface area contributed by atoms with Gasteiger partial charge in [0.15, 0.2) is 0 Å². The molecule has 0 aliphatic heterocycles. The zero-order chi connectivity index (χ0) is 33.7. The lowest BCUT2D eigenvalue weighted by atomic mass is 10.0. The standard InChI is InChI=1S/C46H24N2S4/c1-7-33-35-21-38-36(22-37(35)47-45(33)31-5-3-25(13-23(1)31)41-19-29-17-39-27(9-11-49-39)15-43(29)51-41)34-8-2-24-14-26(4-6-32(24)46(34)48-38)42-20-30-18-40-28(10-12-50-40)16-44(30)52-42/h1-22,47-48H. The Bertz CT molecular complexity index is 3320. The number of nitrogens with one attached hydrogen (secondary N) is 2. The normalized spacial score (nSPS) is 12.6. The van der Waals surface area contributed by atoms with Gasteiger partial charge in [0.25, 0.3) is 0 Å². The fourth-order valence-corrected chi connectivity index (χ4v) is 12.3. The Labute approximate surface area is 311 Å². The molecule has 6 heteroatoms. The molecule has 52 heavy (non-hydrogen) atoms. The third kappa shape index (κ3) is 3.92. The van der Waals surface area contributed by atoms with Crippen LogP contribution in [0.2, 0.25) is 0 Å². The van der Waals surface area contributed by atoms with Crippen LogP contribution in [0.5, 0.6) is 0 Å². The quantitative estimate of drug-likeness (QED) is 0.177. The van der Waals surface area contributed by atoms with Crippen LogP contribution in [0.15, 0.2) is 132 Å². The van der Waals surface area contributed by atoms with Crippen molar-refractivity contribution in [2.45, 2.75) is 0 Å². The number of thiophene rings is 4. The van der Waals surface area contributed by atoms with E-state index in [0.717, 1.165) is 0 Å². The Hall–Kier alpha value is -5.50. The molecule has 2 N–H and O–H groups in total. The number of H-pyrrole nitrogens is 2. The molecule has 242 valence electrons. The summed E-state index contributed by atoms with van der Waals surface area (Å²) in [6.45, 7) is 0. The third-order valence-corrected chi connectivity index (χ3v) is 15.1. The fourth-order valence-electron chi connectivity index (χ4n) is 8.48. The highest BCUT2D eigenvalue weighted by atomic mass is 32.1. The molecule has 0 radical (unpaired) electrons. The van der Waals surface area contributed by atoms with Gasteiger partial charge in [0.1, 0.15) is 0 Å². The largest absolute Gasteiger partial charge is 0.354 e. The molecule has 13 rings (SSSR count). The van der Waals surface area contributed by atoms with E-state index >= 15 is 0 Å². The van der Waals surface area contributed by atoms with Crippen molar-refractivity contribution in [3.8, 4) is 20.9 Å². The summed E-state index contributed by atoms with van der Waals surface area (Å²) in [5.74, 6) is 0. The van der Waals surface area contributed by atoms with Crippen LogP contribution in [0.4, 0.5) is 0 Å². The minimum absolute atomic E-state index is 1.17. The maximum Gasteiger partial charge on any atom is 0.0544 e. The molecular weight excluding hydrogens is 709 g/mol. The Balaban J connectivity index is 0.906. The summed E-state index contributed by atoms with van der Waals surface area (Å²) in [6, 6.07) is 46.2. The highest BCUT2D eigenvalue weighted by Crippen LogP contribution is 2.42. The maximum absolute atomic E-state index is 3.84. The molecule has 0 unspecified atom stereocenters. The van der Waals surface area contributed by atoms with Crippen LogP contribution < -0.4 is 0 Å². The molecule has 0 amide bonds. The van der Waals surface area contributed by atoms with E-state index in [-0.39, 0.29) is 0 Å². The molecule has 13 aromatic rings. The number of hydrogen-bond donors (Lipinski definition) is 2. The van der Waals surface area contributed by atoms with E-state index in [1.165, 1.54) is 126 Å². The van der Waals surface area contributed by atoms with Gasteiger partial charge in [0.2, 0.25) is 0 Å². The summed E-state index contributed by atoms with van der Waals surface area (Å²) in [6.07, 6.45) is 0. The van der Waals surface area contributed by atoms with Gasteiger partial charge in [-0.15, -0.1) is 45.3 Å². The van der Waals surface area contributed by atoms with Crippen molar-refractivity contribution < 1.29 is 0 Å². The van der Waals surface area contributed by atoms with Crippen LogP contribution in [0.3, 0.4) is 0 Å². The first-order valence-electron chi connectivity index (χ1n) is 17.4. The number of benzene rings is 7. The second-order valence-electron chi connectivity index (χ2n) is 14.0. The second-order valence-corrected chi connectivity index (χ2v) is 18.0. The topological polar surface area (TPSA) is 31.6 Å². The van der Waals surface area contributed by atoms with E-state index in [4.69, 9.17) is 0 Å². The van der Waals surface area contributed by atoms with Gasteiger partial charge in [-0.3, -0.25) is 0 Å². The predicted octanol–water partition coefficient (Wildman–Crippen LogP) is 15.5. The van der Waals surface area contributed by atoms with Crippen LogP contribution in [0.1, 0.15) is 0 Å². The molecule has 0 saturated heterocycles. The van der Waals surface area contributed by atoms with Gasteiger partial charge in [-0.25, -0.2) is 0 Å². The smallest absolute Gasteiger partial charge is 0.0544 e. The van der Waals surface area contributed by atoms with Crippen LogP contribution in [0, 0.1) is 0 Å². The summed E-state index contributed by atoms with van der Waals surface area (Å²) in [4.78, 5) is 10.3. The highest BCUT2D eigenvalue weighted by Gasteiger charge is 2.15. The molecule has 2 nitrogen and oxygen atoms in total. The summed E-state index contributed by atoms with van der Waals surface area (Å²) >= 11 is 7.39. The first-order chi connectivity index (χ1) is 25.7. The molecule has 6 aromatic heterocycles. The molecular formula is C46H24N2S4. The van der Waals surface area contributed by atoms with Gasteiger partial charge in [-0.05, 0) is 127 Å². The molecule has 6 heterocycles. The first kappa shape index (κ1) is 28.1. The van der Waals surface area contributed by atoms with Crippen LogP contribution >= 0.6 is 45.3 Å². The van der Waals surface area contributed by atoms with E-state index in [0.29, 0.717) is 0 Å². The van der Waals surface area contributed by atoms with Gasteiger partial charge < -0.3 is 9.97 Å². The van der Waals surface area contributed by atoms with E-state index in [2.05, 4.69) is 142 Å². The Morgan fingerprint density at radius 1 is 0.327 bits per heavy atom. The second kappa shape index (κ2) is 10.1. The van der Waals surface area contributed by atoms with Crippen molar-refractivity contribution in [3.63, 3.8) is 0 Å². The minimum atomic E-state index is 1.17. The fraction of sp³-hybridized carbons (Fsp3) is 0. The number of aromatic amines is 2. The Morgan fingerprint density at radius 3 is 1.29 bits per heavy atom. The van der Waals surface area contributed by atoms with Gasteiger partial charge in [-0.2, -0.15) is 0 Å². The Morgan fingerprint density at radius 2 is 0.788 bits per heavy atom. The molecule has 0 fully saturated rings. The van der Waals surface area contributed by atoms with Gasteiger partial charge in [0.05, 0.1) is 11.0 Å². The van der Waals surface area contributed by atoms with Crippen molar-refractivity contribution in [1.82, 2.24) is 9.97 Å². The SMILES string of the molecule is c1cc2cc3sc(-c4ccc5c(ccc6c7cc8[nH]c9c%10ccc(-c%11cc%12cc%13sccc%13cc%12s%11)cc%10ccc9c8cc7[nH]c56)c4)cc3cc2s1. The first-order valence-corrected chi connectivity index (χ1v) is 20.7. The molecule has 0 bridgehead atoms. The minimum Gasteiger partial charge on any atom is -0.354 e. The van der Waals surface area contributed by atoms with Crippen LogP contribution in [0.25, 0.3) is 126 Å². The van der Waals surface area contributed by atoms with Crippen molar-refractivity contribution in [1.29, 1.82) is 0 Å². The lowest BCUT2D eigenvalue weighted by molar-refractivity contribution is 1.56. The lowest BCUT2D eigenvalue weighted by Gasteiger charge is -2.03. The van der Waals surface area contributed by atoms with Crippen molar-refractivity contribution in [2.24, 2.45) is 0 Å². The number of hydrogen-bond acceptors (Lipinski definition) is 4. The average Bonchev–Trinajstić information content (AvgIpc) is 4.03. The zero-order valence-corrected chi connectivity index (χ0v) is 30.6. The molecule has 7 aromatic carbocycles. The van der Waals surface area contributed by atoms with E-state index < -0.39 is 0 Å². The molecule has 0 spiro atoms. The molecule has 0 atom stereocenters. The van der Waals surface area contributed by atoms with Crippen LogP contribution in [-0.2, 0) is 0 Å². The number of rotatable bonds is 2. The van der Waals surface area contributed by atoms with Gasteiger partial charge >= 0.3 is 0 Å². The zero-order valence-electron chi connectivity index (χ0n) is 27.3. The molecule has 0 saturated carbocycles. The summed E-state index contributed by atoms with van der Waals surface area (Å²) in [5.41, 5.74) is 7.29.